The van der Waals surface area contributed by atoms with E-state index in [0.29, 0.717) is 44.0 Å². The molecule has 9 nitrogen and oxygen atoms in total. The van der Waals surface area contributed by atoms with Gasteiger partial charge in [0.1, 0.15) is 17.5 Å². The molecule has 1 aromatic carbocycles. The first-order valence-electron chi connectivity index (χ1n) is 11.1. The number of carbonyl (C=O) groups is 3. The van der Waals surface area contributed by atoms with Crippen molar-refractivity contribution in [2.24, 2.45) is 0 Å². The summed E-state index contributed by atoms with van der Waals surface area (Å²) in [6.07, 6.45) is -0.711. The first-order valence-corrected chi connectivity index (χ1v) is 11.5. The van der Waals surface area contributed by atoms with Gasteiger partial charge in [0.2, 0.25) is 0 Å². The number of amides is 2. The fourth-order valence-corrected chi connectivity index (χ4v) is 5.12. The van der Waals surface area contributed by atoms with E-state index in [1.54, 1.807) is 11.6 Å². The molecular formula is C23H24ClFN4O5. The van der Waals surface area contributed by atoms with Gasteiger partial charge in [-0.15, -0.1) is 0 Å². The van der Waals surface area contributed by atoms with E-state index in [-0.39, 0.29) is 35.2 Å². The zero-order valence-electron chi connectivity index (χ0n) is 18.5. The fraction of sp³-hybridized carbons (Fsp3) is 0.435. The molecule has 0 saturated carbocycles. The summed E-state index contributed by atoms with van der Waals surface area (Å²) in [4.78, 5) is 42.8. The van der Waals surface area contributed by atoms with E-state index < -0.39 is 35.4 Å². The van der Waals surface area contributed by atoms with Crippen LogP contribution in [0.1, 0.15) is 38.0 Å². The van der Waals surface area contributed by atoms with Crippen LogP contribution in [0.3, 0.4) is 0 Å². The number of ketones is 1. The van der Waals surface area contributed by atoms with Gasteiger partial charge in [-0.25, -0.2) is 4.39 Å². The molecule has 0 aliphatic carbocycles. The third-order valence-electron chi connectivity index (χ3n) is 6.67. The number of ether oxygens (including phenoxy) is 1. The number of aromatic nitrogens is 1. The van der Waals surface area contributed by atoms with Crippen LogP contribution in [0.4, 0.5) is 4.39 Å². The molecule has 0 radical (unpaired) electrons. The normalized spacial score (nSPS) is 22.6. The summed E-state index contributed by atoms with van der Waals surface area (Å²) < 4.78 is 20.9. The van der Waals surface area contributed by atoms with Crippen LogP contribution >= 0.6 is 11.6 Å². The quantitative estimate of drug-likeness (QED) is 0.671. The Morgan fingerprint density at radius 1 is 1.29 bits per heavy atom. The molecular weight excluding hydrogens is 467 g/mol. The second-order valence-electron chi connectivity index (χ2n) is 8.79. The maximum atomic E-state index is 13.6. The van der Waals surface area contributed by atoms with Crippen LogP contribution in [0.25, 0.3) is 0 Å². The van der Waals surface area contributed by atoms with Crippen molar-refractivity contribution >= 4 is 29.2 Å². The highest BCUT2D eigenvalue weighted by Crippen LogP contribution is 2.42. The zero-order valence-corrected chi connectivity index (χ0v) is 19.3. The Labute approximate surface area is 200 Å². The average Bonchev–Trinajstić information content (AvgIpc) is 3.14. The minimum Gasteiger partial charge on any atom is -0.505 e. The summed E-state index contributed by atoms with van der Waals surface area (Å²) >= 11 is 5.91. The van der Waals surface area contributed by atoms with Gasteiger partial charge < -0.3 is 29.5 Å². The molecule has 2 N–H and O–H groups in total. The van der Waals surface area contributed by atoms with Gasteiger partial charge in [-0.1, -0.05) is 17.7 Å². The maximum absolute atomic E-state index is 13.6. The third kappa shape index (κ3) is 3.66. The van der Waals surface area contributed by atoms with Crippen LogP contribution < -0.4 is 5.32 Å². The van der Waals surface area contributed by atoms with E-state index >= 15 is 0 Å². The third-order valence-corrected chi connectivity index (χ3v) is 6.96. The van der Waals surface area contributed by atoms with Crippen molar-refractivity contribution in [3.63, 3.8) is 0 Å². The smallest absolute Gasteiger partial charge is 0.274 e. The molecule has 0 bridgehead atoms. The predicted molar refractivity (Wildman–Crippen MR) is 120 cm³/mol. The van der Waals surface area contributed by atoms with Crippen molar-refractivity contribution in [1.82, 2.24) is 19.7 Å². The Balaban J connectivity index is 1.59. The van der Waals surface area contributed by atoms with Gasteiger partial charge in [0.05, 0.1) is 17.5 Å². The molecule has 1 fully saturated rings. The lowest BCUT2D eigenvalue weighted by Gasteiger charge is -2.36. The highest BCUT2D eigenvalue weighted by molar-refractivity contribution is 6.30. The number of nitrogens with zero attached hydrogens (tertiary/aromatic N) is 3. The minimum absolute atomic E-state index is 0.0132. The number of nitrogens with one attached hydrogen (secondary N) is 1. The largest absolute Gasteiger partial charge is 0.505 e. The molecule has 5 rings (SSSR count). The van der Waals surface area contributed by atoms with E-state index in [1.807, 2.05) is 0 Å². The van der Waals surface area contributed by atoms with Crippen LogP contribution in [-0.2, 0) is 22.6 Å². The number of hydrogen-bond donors (Lipinski definition) is 2. The van der Waals surface area contributed by atoms with Crippen LogP contribution in [0.5, 0.6) is 5.75 Å². The topological polar surface area (TPSA) is 104 Å². The Kier molecular flexibility index (Phi) is 5.83. The van der Waals surface area contributed by atoms with Gasteiger partial charge in [-0.05, 0) is 17.7 Å². The van der Waals surface area contributed by atoms with Gasteiger partial charge in [0, 0.05) is 52.0 Å². The van der Waals surface area contributed by atoms with E-state index in [1.165, 1.54) is 28.0 Å². The molecule has 2 amide bonds. The number of carbonyl (C=O) groups excluding carboxylic acids is 3. The molecule has 1 saturated heterocycles. The summed E-state index contributed by atoms with van der Waals surface area (Å²) in [5.74, 6) is -2.94. The highest BCUT2D eigenvalue weighted by atomic mass is 35.5. The molecule has 4 heterocycles. The second kappa shape index (κ2) is 8.68. The maximum Gasteiger partial charge on any atom is 0.274 e. The van der Waals surface area contributed by atoms with Crippen molar-refractivity contribution in [2.75, 3.05) is 39.8 Å². The van der Waals surface area contributed by atoms with Crippen molar-refractivity contribution in [3.8, 4) is 5.75 Å². The highest BCUT2D eigenvalue weighted by Gasteiger charge is 2.46. The number of likely N-dealkylation sites (N-methyl/N-ethyl adjacent to an activating group) is 1. The molecule has 11 heteroatoms. The first kappa shape index (κ1) is 22.8. The van der Waals surface area contributed by atoms with Crippen molar-refractivity contribution in [3.05, 3.63) is 51.6 Å². The number of fused-ring (bicyclic) bond motifs is 3. The van der Waals surface area contributed by atoms with Gasteiger partial charge in [-0.3, -0.25) is 14.4 Å². The lowest BCUT2D eigenvalue weighted by atomic mass is 9.88. The molecule has 180 valence electrons. The number of hydrogen-bond acceptors (Lipinski definition) is 6. The summed E-state index contributed by atoms with van der Waals surface area (Å²) in [6.45, 7) is 2.19. The number of halogens is 2. The molecule has 2 atom stereocenters. The predicted octanol–water partition coefficient (Wildman–Crippen LogP) is 1.37. The number of aromatic hydroxyl groups is 1. The van der Waals surface area contributed by atoms with Crippen molar-refractivity contribution in [1.29, 1.82) is 0 Å². The summed E-state index contributed by atoms with van der Waals surface area (Å²) in [5, 5.41) is 14.1. The zero-order chi connectivity index (χ0) is 24.1. The lowest BCUT2D eigenvalue weighted by Crippen LogP contribution is -2.49. The van der Waals surface area contributed by atoms with E-state index in [0.717, 1.165) is 0 Å². The standard InChI is InChI=1S/C23H24ClFN4O5/c1-27-5-6-29-18-13(20(30)16-9-26-4-7-34-16)11-28(10-12-2-3-15(25)14(24)8-12)22(32)17(18)21(31)19(29)23(27)33/h2-3,8,13,16,26,31H,4-7,9-11H2,1H3. The van der Waals surface area contributed by atoms with Crippen molar-refractivity contribution < 1.29 is 28.6 Å². The lowest BCUT2D eigenvalue weighted by molar-refractivity contribution is -0.134. The summed E-state index contributed by atoms with van der Waals surface area (Å²) in [6, 6.07) is 4.15. The molecule has 1 aromatic heterocycles. The van der Waals surface area contributed by atoms with Gasteiger partial charge in [-0.2, -0.15) is 0 Å². The molecule has 0 spiro atoms. The monoisotopic (exact) mass is 490 g/mol. The Bertz CT molecular complexity index is 1190. The van der Waals surface area contributed by atoms with Gasteiger partial charge >= 0.3 is 0 Å². The molecule has 3 aliphatic rings. The summed E-state index contributed by atoms with van der Waals surface area (Å²) in [5.41, 5.74) is 0.898. The molecule has 2 aromatic rings. The number of rotatable bonds is 4. The number of morpholine rings is 1. The number of Topliss-reactive ketones (excluding diaryl/α,β-unsaturated/α-hetero) is 1. The Morgan fingerprint density at radius 3 is 2.79 bits per heavy atom. The SMILES string of the molecule is CN1CCn2c(c(O)c3c2C(C(=O)C2CNCCO2)CN(Cc2ccc(F)c(Cl)c2)C3=O)C1=O. The Hall–Kier alpha value is -2.95. The number of benzene rings is 1. The van der Waals surface area contributed by atoms with E-state index in [2.05, 4.69) is 5.32 Å². The fourth-order valence-electron chi connectivity index (χ4n) is 4.92. The summed E-state index contributed by atoms with van der Waals surface area (Å²) in [7, 11) is 1.62. The van der Waals surface area contributed by atoms with Gasteiger partial charge in [0.15, 0.2) is 17.2 Å². The Morgan fingerprint density at radius 2 is 2.09 bits per heavy atom. The minimum atomic E-state index is -0.802. The van der Waals surface area contributed by atoms with Gasteiger partial charge in [0.25, 0.3) is 11.8 Å². The van der Waals surface area contributed by atoms with Crippen molar-refractivity contribution in [2.45, 2.75) is 25.1 Å². The van der Waals surface area contributed by atoms with E-state index in [4.69, 9.17) is 16.3 Å². The molecule has 2 unspecified atom stereocenters. The molecule has 34 heavy (non-hydrogen) atoms. The molecule has 3 aliphatic heterocycles. The van der Waals surface area contributed by atoms with Crippen LogP contribution in [0.15, 0.2) is 18.2 Å². The second-order valence-corrected chi connectivity index (χ2v) is 9.20. The van der Waals surface area contributed by atoms with Crippen LogP contribution in [0.2, 0.25) is 5.02 Å². The van der Waals surface area contributed by atoms with Crippen LogP contribution in [0, 0.1) is 5.82 Å². The first-order chi connectivity index (χ1) is 16.3. The van der Waals surface area contributed by atoms with Crippen LogP contribution in [-0.4, -0.2) is 83.0 Å². The average molecular weight is 491 g/mol. The van der Waals surface area contributed by atoms with E-state index in [9.17, 15) is 23.9 Å².